The molecular formula is C11H17N3O. The van der Waals surface area contributed by atoms with Gasteiger partial charge in [0.2, 0.25) is 0 Å². The number of likely N-dealkylation sites (N-methyl/N-ethyl adjacent to an activating group) is 1. The molecule has 1 amide bonds. The van der Waals surface area contributed by atoms with E-state index in [-0.39, 0.29) is 5.91 Å². The molecule has 0 aliphatic carbocycles. The van der Waals surface area contributed by atoms with Crippen LogP contribution in [0.15, 0.2) is 18.2 Å². The summed E-state index contributed by atoms with van der Waals surface area (Å²) in [6, 6.07) is 5.43. The van der Waals surface area contributed by atoms with Crippen molar-refractivity contribution in [1.29, 1.82) is 0 Å². The number of rotatable bonds is 4. The van der Waals surface area contributed by atoms with Crippen molar-refractivity contribution in [3.05, 3.63) is 29.6 Å². The predicted octanol–water partition coefficient (Wildman–Crippen LogP) is 0.681. The molecule has 0 saturated heterocycles. The first-order chi connectivity index (χ1) is 7.09. The molecule has 0 atom stereocenters. The molecule has 15 heavy (non-hydrogen) atoms. The molecule has 0 unspecified atom stereocenters. The Morgan fingerprint density at radius 1 is 1.47 bits per heavy atom. The van der Waals surface area contributed by atoms with Crippen LogP contribution in [0, 0.1) is 6.92 Å². The van der Waals surface area contributed by atoms with Crippen LogP contribution in [0.2, 0.25) is 0 Å². The quantitative estimate of drug-likeness (QED) is 0.789. The molecule has 0 aliphatic rings. The first-order valence-corrected chi connectivity index (χ1v) is 4.96. The summed E-state index contributed by atoms with van der Waals surface area (Å²) in [6.45, 7) is 3.34. The molecule has 1 rings (SSSR count). The fraction of sp³-hybridized carbons (Fsp3) is 0.455. The third kappa shape index (κ3) is 4.08. The summed E-state index contributed by atoms with van der Waals surface area (Å²) in [5.41, 5.74) is 1.34. The summed E-state index contributed by atoms with van der Waals surface area (Å²) < 4.78 is 0. The van der Waals surface area contributed by atoms with Gasteiger partial charge in [-0.15, -0.1) is 0 Å². The summed E-state index contributed by atoms with van der Waals surface area (Å²) in [5.74, 6) is -0.111. The molecule has 82 valence electrons. The molecule has 0 spiro atoms. The van der Waals surface area contributed by atoms with Crippen molar-refractivity contribution < 1.29 is 4.79 Å². The molecule has 4 nitrogen and oxygen atoms in total. The Hall–Kier alpha value is -1.42. The SMILES string of the molecule is Cc1cccc(C(=O)NCCN(C)C)n1. The number of hydrogen-bond acceptors (Lipinski definition) is 3. The van der Waals surface area contributed by atoms with Gasteiger partial charge in [0.25, 0.3) is 5.91 Å². The van der Waals surface area contributed by atoms with Crippen molar-refractivity contribution in [3.8, 4) is 0 Å². The fourth-order valence-corrected chi connectivity index (χ4v) is 1.15. The van der Waals surface area contributed by atoms with E-state index in [4.69, 9.17) is 0 Å². The van der Waals surface area contributed by atoms with E-state index in [1.165, 1.54) is 0 Å². The summed E-state index contributed by atoms with van der Waals surface area (Å²) in [7, 11) is 3.94. The summed E-state index contributed by atoms with van der Waals surface area (Å²) in [5, 5.41) is 2.81. The average molecular weight is 207 g/mol. The van der Waals surface area contributed by atoms with Crippen LogP contribution in [0.5, 0.6) is 0 Å². The number of pyridine rings is 1. The van der Waals surface area contributed by atoms with Crippen LogP contribution in [-0.4, -0.2) is 43.0 Å². The Bertz CT molecular complexity index is 336. The zero-order valence-corrected chi connectivity index (χ0v) is 9.45. The molecule has 1 heterocycles. The molecular weight excluding hydrogens is 190 g/mol. The maximum Gasteiger partial charge on any atom is 0.269 e. The van der Waals surface area contributed by atoms with E-state index >= 15 is 0 Å². The Kier molecular flexibility index (Phi) is 4.24. The Morgan fingerprint density at radius 3 is 2.80 bits per heavy atom. The number of carbonyl (C=O) groups excluding carboxylic acids is 1. The van der Waals surface area contributed by atoms with Gasteiger partial charge in [-0.3, -0.25) is 4.79 Å². The highest BCUT2D eigenvalue weighted by molar-refractivity contribution is 5.92. The summed E-state index contributed by atoms with van der Waals surface area (Å²) in [6.07, 6.45) is 0. The lowest BCUT2D eigenvalue weighted by atomic mass is 10.3. The number of hydrogen-bond donors (Lipinski definition) is 1. The van der Waals surface area contributed by atoms with Crippen molar-refractivity contribution in [1.82, 2.24) is 15.2 Å². The third-order valence-electron chi connectivity index (χ3n) is 1.97. The zero-order chi connectivity index (χ0) is 11.3. The predicted molar refractivity (Wildman–Crippen MR) is 59.9 cm³/mol. The lowest BCUT2D eigenvalue weighted by Crippen LogP contribution is -2.31. The van der Waals surface area contributed by atoms with E-state index in [2.05, 4.69) is 10.3 Å². The molecule has 1 aromatic heterocycles. The smallest absolute Gasteiger partial charge is 0.269 e. The van der Waals surface area contributed by atoms with E-state index in [9.17, 15) is 4.79 Å². The number of carbonyl (C=O) groups is 1. The Labute approximate surface area is 90.3 Å². The van der Waals surface area contributed by atoms with Crippen LogP contribution in [0.25, 0.3) is 0 Å². The van der Waals surface area contributed by atoms with Gasteiger partial charge >= 0.3 is 0 Å². The lowest BCUT2D eigenvalue weighted by molar-refractivity contribution is 0.0946. The fourth-order valence-electron chi connectivity index (χ4n) is 1.15. The van der Waals surface area contributed by atoms with Crippen molar-refractivity contribution in [3.63, 3.8) is 0 Å². The van der Waals surface area contributed by atoms with E-state index in [1.807, 2.05) is 38.1 Å². The zero-order valence-electron chi connectivity index (χ0n) is 9.45. The van der Waals surface area contributed by atoms with Gasteiger partial charge in [-0.1, -0.05) is 6.07 Å². The standard InChI is InChI=1S/C11H17N3O/c1-9-5-4-6-10(13-9)11(15)12-7-8-14(2)3/h4-6H,7-8H2,1-3H3,(H,12,15). The number of nitrogens with one attached hydrogen (secondary N) is 1. The van der Waals surface area contributed by atoms with E-state index < -0.39 is 0 Å². The van der Waals surface area contributed by atoms with Gasteiger partial charge in [-0.05, 0) is 33.2 Å². The second-order valence-corrected chi connectivity index (χ2v) is 3.72. The molecule has 0 aliphatic heterocycles. The highest BCUT2D eigenvalue weighted by Gasteiger charge is 2.05. The molecule has 1 N–H and O–H groups in total. The molecule has 4 heteroatoms. The molecule has 0 bridgehead atoms. The number of aromatic nitrogens is 1. The van der Waals surface area contributed by atoms with E-state index in [0.29, 0.717) is 12.2 Å². The first-order valence-electron chi connectivity index (χ1n) is 4.96. The molecule has 0 fully saturated rings. The highest BCUT2D eigenvalue weighted by Crippen LogP contribution is 1.97. The topological polar surface area (TPSA) is 45.2 Å². The average Bonchev–Trinajstić information content (AvgIpc) is 2.17. The molecule has 0 aromatic carbocycles. The highest BCUT2D eigenvalue weighted by atomic mass is 16.1. The van der Waals surface area contributed by atoms with Gasteiger partial charge < -0.3 is 10.2 Å². The van der Waals surface area contributed by atoms with Crippen LogP contribution < -0.4 is 5.32 Å². The van der Waals surface area contributed by atoms with Gasteiger partial charge in [0.05, 0.1) is 0 Å². The van der Waals surface area contributed by atoms with Crippen molar-refractivity contribution in [2.75, 3.05) is 27.2 Å². The lowest BCUT2D eigenvalue weighted by Gasteiger charge is -2.10. The number of aryl methyl sites for hydroxylation is 1. The van der Waals surface area contributed by atoms with Crippen LogP contribution in [0.4, 0.5) is 0 Å². The van der Waals surface area contributed by atoms with E-state index in [1.54, 1.807) is 6.07 Å². The van der Waals surface area contributed by atoms with Crippen LogP contribution >= 0.6 is 0 Å². The first kappa shape index (κ1) is 11.7. The van der Waals surface area contributed by atoms with E-state index in [0.717, 1.165) is 12.2 Å². The number of amides is 1. The monoisotopic (exact) mass is 207 g/mol. The van der Waals surface area contributed by atoms with Crippen LogP contribution in [-0.2, 0) is 0 Å². The van der Waals surface area contributed by atoms with Gasteiger partial charge in [-0.2, -0.15) is 0 Å². The Balaban J connectivity index is 2.47. The second-order valence-electron chi connectivity index (χ2n) is 3.72. The summed E-state index contributed by atoms with van der Waals surface area (Å²) in [4.78, 5) is 17.7. The maximum atomic E-state index is 11.6. The molecule has 1 aromatic rings. The van der Waals surface area contributed by atoms with Gasteiger partial charge in [0, 0.05) is 18.8 Å². The van der Waals surface area contributed by atoms with Gasteiger partial charge in [-0.25, -0.2) is 4.98 Å². The second kappa shape index (κ2) is 5.46. The number of nitrogens with zero attached hydrogens (tertiary/aromatic N) is 2. The minimum Gasteiger partial charge on any atom is -0.349 e. The third-order valence-corrected chi connectivity index (χ3v) is 1.97. The molecule has 0 radical (unpaired) electrons. The van der Waals surface area contributed by atoms with Gasteiger partial charge in [0.1, 0.15) is 5.69 Å². The summed E-state index contributed by atoms with van der Waals surface area (Å²) >= 11 is 0. The largest absolute Gasteiger partial charge is 0.349 e. The van der Waals surface area contributed by atoms with Crippen LogP contribution in [0.1, 0.15) is 16.2 Å². The Morgan fingerprint density at radius 2 is 2.20 bits per heavy atom. The minimum absolute atomic E-state index is 0.111. The maximum absolute atomic E-state index is 11.6. The normalized spacial score (nSPS) is 10.4. The van der Waals surface area contributed by atoms with Crippen LogP contribution in [0.3, 0.4) is 0 Å². The molecule has 0 saturated carbocycles. The van der Waals surface area contributed by atoms with Crippen molar-refractivity contribution >= 4 is 5.91 Å². The van der Waals surface area contributed by atoms with Gasteiger partial charge in [0.15, 0.2) is 0 Å². The minimum atomic E-state index is -0.111. The van der Waals surface area contributed by atoms with Crippen molar-refractivity contribution in [2.24, 2.45) is 0 Å². The van der Waals surface area contributed by atoms with Crippen molar-refractivity contribution in [2.45, 2.75) is 6.92 Å².